The number of nitrogens with one attached hydrogen (secondary N) is 1. The topological polar surface area (TPSA) is 69.0 Å². The maximum atomic E-state index is 13.4. The molecule has 1 amide bonds. The van der Waals surface area contributed by atoms with Crippen LogP contribution in [0.3, 0.4) is 0 Å². The predicted octanol–water partition coefficient (Wildman–Crippen LogP) is 5.42. The Morgan fingerprint density at radius 1 is 1.13 bits per heavy atom. The van der Waals surface area contributed by atoms with Crippen LogP contribution in [0.1, 0.15) is 23.5 Å². The maximum Gasteiger partial charge on any atom is 0.336 e. The quantitative estimate of drug-likeness (QED) is 0.420. The number of hydrogen-bond acceptors (Lipinski definition) is 5. The van der Waals surface area contributed by atoms with Crippen molar-refractivity contribution >= 4 is 22.9 Å². The minimum absolute atomic E-state index is 0.153. The molecule has 0 unspecified atom stereocenters. The van der Waals surface area contributed by atoms with E-state index < -0.39 is 0 Å². The molecule has 0 fully saturated rings. The van der Waals surface area contributed by atoms with Gasteiger partial charge in [0.25, 0.3) is 5.91 Å². The zero-order valence-electron chi connectivity index (χ0n) is 17.1. The highest BCUT2D eigenvalue weighted by Crippen LogP contribution is 2.25. The molecule has 4 aromatic rings. The van der Waals surface area contributed by atoms with E-state index >= 15 is 0 Å². The third-order valence-corrected chi connectivity index (χ3v) is 5.22. The van der Waals surface area contributed by atoms with Gasteiger partial charge in [0.1, 0.15) is 5.82 Å². The van der Waals surface area contributed by atoms with Gasteiger partial charge in [0.2, 0.25) is 0 Å². The second-order valence-electron chi connectivity index (χ2n) is 7.32. The Labute approximate surface area is 183 Å². The highest BCUT2D eigenvalue weighted by Gasteiger charge is 2.16. The molecule has 0 saturated carbocycles. The number of nitrogens with zero attached hydrogens (tertiary/aromatic N) is 3. The molecule has 0 aliphatic carbocycles. The molecule has 31 heavy (non-hydrogen) atoms. The highest BCUT2D eigenvalue weighted by atomic mass is 32.1. The van der Waals surface area contributed by atoms with Crippen molar-refractivity contribution in [3.05, 3.63) is 76.7 Å². The first-order valence-corrected chi connectivity index (χ1v) is 10.7. The van der Waals surface area contributed by atoms with Crippen molar-refractivity contribution in [2.45, 2.75) is 13.8 Å². The number of anilines is 1. The number of carbonyl (C=O) groups is 1. The minimum Gasteiger partial charge on any atom is -0.462 e. The highest BCUT2D eigenvalue weighted by molar-refractivity contribution is 7.12. The number of benzene rings is 2. The van der Waals surface area contributed by atoms with Crippen LogP contribution in [-0.4, -0.2) is 27.3 Å². The average molecular weight is 437 g/mol. The van der Waals surface area contributed by atoms with Gasteiger partial charge in [-0.05, 0) is 65.9 Å². The Morgan fingerprint density at radius 2 is 1.87 bits per heavy atom. The fourth-order valence-corrected chi connectivity index (χ4v) is 3.47. The van der Waals surface area contributed by atoms with Crippen LogP contribution < -0.4 is 10.1 Å². The molecule has 2 aromatic heterocycles. The molecule has 2 aromatic carbocycles. The molecule has 158 valence electrons. The van der Waals surface area contributed by atoms with Crippen LogP contribution in [0.15, 0.2) is 66.0 Å². The van der Waals surface area contributed by atoms with Crippen LogP contribution in [-0.2, 0) is 0 Å². The number of halogens is 1. The zero-order chi connectivity index (χ0) is 21.8. The van der Waals surface area contributed by atoms with Crippen molar-refractivity contribution < 1.29 is 13.9 Å². The molecular weight excluding hydrogens is 415 g/mol. The van der Waals surface area contributed by atoms with E-state index in [0.29, 0.717) is 34.5 Å². The van der Waals surface area contributed by atoms with Gasteiger partial charge >= 0.3 is 6.01 Å². The Balaban J connectivity index is 1.62. The largest absolute Gasteiger partial charge is 0.462 e. The standard InChI is InChI=1S/C23H21FN4O2S/c1-15(2)14-30-23-26-21(16-5-7-17(24)8-6-16)28(27-23)19-11-9-18(10-12-19)25-22(29)20-4-3-13-31-20/h3-13,15H,14H2,1-2H3,(H,25,29). The first-order chi connectivity index (χ1) is 15.0. The lowest BCUT2D eigenvalue weighted by atomic mass is 10.2. The average Bonchev–Trinajstić information content (AvgIpc) is 3.44. The number of aromatic nitrogens is 3. The smallest absolute Gasteiger partial charge is 0.336 e. The summed E-state index contributed by atoms with van der Waals surface area (Å²) in [5.74, 6) is 0.387. The maximum absolute atomic E-state index is 13.4. The molecular formula is C23H21FN4O2S. The number of carbonyl (C=O) groups excluding carboxylic acids is 1. The first kappa shape index (κ1) is 20.7. The monoisotopic (exact) mass is 436 g/mol. The van der Waals surface area contributed by atoms with E-state index in [2.05, 4.69) is 15.4 Å². The summed E-state index contributed by atoms with van der Waals surface area (Å²) in [6.07, 6.45) is 0. The number of ether oxygens (including phenoxy) is 1. The van der Waals surface area contributed by atoms with Crippen molar-refractivity contribution in [1.82, 2.24) is 14.8 Å². The Bertz CT molecular complexity index is 1150. The van der Waals surface area contributed by atoms with Crippen LogP contribution in [0.5, 0.6) is 6.01 Å². The summed E-state index contributed by atoms with van der Waals surface area (Å²) in [7, 11) is 0. The van der Waals surface area contributed by atoms with Crippen LogP contribution >= 0.6 is 11.3 Å². The van der Waals surface area contributed by atoms with Gasteiger partial charge in [-0.2, -0.15) is 4.98 Å². The van der Waals surface area contributed by atoms with Gasteiger partial charge in [-0.15, -0.1) is 16.4 Å². The van der Waals surface area contributed by atoms with Crippen LogP contribution in [0.25, 0.3) is 17.1 Å². The van der Waals surface area contributed by atoms with E-state index in [4.69, 9.17) is 4.74 Å². The summed E-state index contributed by atoms with van der Waals surface area (Å²) in [6, 6.07) is 17.2. The number of hydrogen-bond donors (Lipinski definition) is 1. The van der Waals surface area contributed by atoms with Crippen molar-refractivity contribution in [3.8, 4) is 23.1 Å². The van der Waals surface area contributed by atoms with Crippen LogP contribution in [0.4, 0.5) is 10.1 Å². The molecule has 0 bridgehead atoms. The van der Waals surface area contributed by atoms with Gasteiger partial charge in [0.15, 0.2) is 5.82 Å². The Hall–Kier alpha value is -3.52. The molecule has 0 aliphatic heterocycles. The van der Waals surface area contributed by atoms with Crippen LogP contribution in [0, 0.1) is 11.7 Å². The lowest BCUT2D eigenvalue weighted by molar-refractivity contribution is 0.103. The SMILES string of the molecule is CC(C)COc1nc(-c2ccc(F)cc2)n(-c2ccc(NC(=O)c3cccs3)cc2)n1. The number of rotatable bonds is 7. The summed E-state index contributed by atoms with van der Waals surface area (Å²) < 4.78 is 20.7. The van der Waals surface area contributed by atoms with E-state index in [1.807, 2.05) is 37.4 Å². The van der Waals surface area contributed by atoms with Gasteiger partial charge in [-0.25, -0.2) is 9.07 Å². The molecule has 2 heterocycles. The van der Waals surface area contributed by atoms with E-state index in [1.165, 1.54) is 23.5 Å². The Kier molecular flexibility index (Phi) is 6.08. The van der Waals surface area contributed by atoms with Gasteiger partial charge in [0, 0.05) is 11.3 Å². The summed E-state index contributed by atoms with van der Waals surface area (Å²) >= 11 is 1.39. The first-order valence-electron chi connectivity index (χ1n) is 9.80. The van der Waals surface area contributed by atoms with Crippen molar-refractivity contribution in [3.63, 3.8) is 0 Å². The molecule has 4 rings (SSSR count). The summed E-state index contributed by atoms with van der Waals surface area (Å²) in [5.41, 5.74) is 2.12. The van der Waals surface area contributed by atoms with E-state index in [0.717, 1.165) is 5.69 Å². The molecule has 0 aliphatic rings. The molecule has 6 nitrogen and oxygen atoms in total. The van der Waals surface area contributed by atoms with E-state index in [-0.39, 0.29) is 17.7 Å². The number of amides is 1. The van der Waals surface area contributed by atoms with Crippen molar-refractivity contribution in [1.29, 1.82) is 0 Å². The van der Waals surface area contributed by atoms with Crippen molar-refractivity contribution in [2.24, 2.45) is 5.92 Å². The van der Waals surface area contributed by atoms with Crippen molar-refractivity contribution in [2.75, 3.05) is 11.9 Å². The van der Waals surface area contributed by atoms with Crippen LogP contribution in [0.2, 0.25) is 0 Å². The zero-order valence-corrected chi connectivity index (χ0v) is 17.9. The fraction of sp³-hybridized carbons (Fsp3) is 0.174. The van der Waals surface area contributed by atoms with E-state index in [9.17, 15) is 9.18 Å². The summed E-state index contributed by atoms with van der Waals surface area (Å²) in [6.45, 7) is 4.57. The molecule has 0 atom stereocenters. The van der Waals surface area contributed by atoms with Gasteiger partial charge in [-0.1, -0.05) is 19.9 Å². The molecule has 1 N–H and O–H groups in total. The normalized spacial score (nSPS) is 11.0. The third kappa shape index (κ3) is 4.97. The fourth-order valence-electron chi connectivity index (χ4n) is 2.85. The lowest BCUT2D eigenvalue weighted by Gasteiger charge is -2.08. The van der Waals surface area contributed by atoms with Gasteiger partial charge < -0.3 is 10.1 Å². The Morgan fingerprint density at radius 3 is 2.52 bits per heavy atom. The second-order valence-corrected chi connectivity index (χ2v) is 8.27. The van der Waals surface area contributed by atoms with E-state index in [1.54, 1.807) is 35.0 Å². The minimum atomic E-state index is -0.322. The molecule has 0 spiro atoms. The molecule has 8 heteroatoms. The second kappa shape index (κ2) is 9.09. The molecule has 0 radical (unpaired) electrons. The summed E-state index contributed by atoms with van der Waals surface area (Å²) in [5, 5.41) is 9.22. The number of thiophene rings is 1. The van der Waals surface area contributed by atoms with Gasteiger partial charge in [-0.3, -0.25) is 4.79 Å². The third-order valence-electron chi connectivity index (χ3n) is 4.35. The predicted molar refractivity (Wildman–Crippen MR) is 119 cm³/mol. The lowest BCUT2D eigenvalue weighted by Crippen LogP contribution is -2.10. The van der Waals surface area contributed by atoms with Gasteiger partial charge in [0.05, 0.1) is 17.2 Å². The summed E-state index contributed by atoms with van der Waals surface area (Å²) in [4.78, 5) is 17.4. The molecule has 0 saturated heterocycles.